The third-order valence-corrected chi connectivity index (χ3v) is 2.69. The lowest BCUT2D eigenvalue weighted by Crippen LogP contribution is -2.36. The van der Waals surface area contributed by atoms with Crippen LogP contribution in [0.3, 0.4) is 0 Å². The van der Waals surface area contributed by atoms with Crippen molar-refractivity contribution in [2.45, 2.75) is 19.4 Å². The zero-order valence-corrected chi connectivity index (χ0v) is 11.0. The Morgan fingerprint density at radius 3 is 2.84 bits per heavy atom. The van der Waals surface area contributed by atoms with Crippen LogP contribution in [0.4, 0.5) is 5.69 Å². The van der Waals surface area contributed by atoms with Gasteiger partial charge in [-0.1, -0.05) is 6.92 Å². The van der Waals surface area contributed by atoms with Crippen molar-refractivity contribution in [1.82, 2.24) is 5.64 Å². The summed E-state index contributed by atoms with van der Waals surface area (Å²) in [6.07, 6.45) is 0.0671. The van der Waals surface area contributed by atoms with Crippen LogP contribution in [0.5, 0.6) is 17.2 Å². The Labute approximate surface area is 110 Å². The van der Waals surface area contributed by atoms with Gasteiger partial charge in [0.2, 0.25) is 0 Å². The average Bonchev–Trinajstić information content (AvgIpc) is 2.44. The molecule has 0 saturated carbocycles. The smallest absolute Gasteiger partial charge is 0.265 e. The molecule has 7 nitrogen and oxygen atoms in total. The zero-order chi connectivity index (χ0) is 13.8. The van der Waals surface area contributed by atoms with Crippen molar-refractivity contribution < 1.29 is 23.9 Å². The summed E-state index contributed by atoms with van der Waals surface area (Å²) in [5.74, 6) is 1.19. The van der Waals surface area contributed by atoms with Gasteiger partial charge in [-0.2, -0.15) is 0 Å². The minimum Gasteiger partial charge on any atom is -0.496 e. The minimum absolute atomic E-state index is 0.206. The molecule has 2 rings (SSSR count). The monoisotopic (exact) mass is 268 g/mol. The largest absolute Gasteiger partial charge is 0.496 e. The number of methoxy groups -OCH3 is 1. The van der Waals surface area contributed by atoms with E-state index < -0.39 is 6.10 Å². The van der Waals surface area contributed by atoms with Crippen molar-refractivity contribution in [2.24, 2.45) is 0 Å². The standard InChI is InChI=1S/C12H16N2O5/c1-4-8-12(15)13-11-9(18-8)5-7(16-2)6-10(11)19-14-17-3/h5-6,8,14H,4H2,1-3H3,(H,13,15). The first kappa shape index (κ1) is 13.4. The van der Waals surface area contributed by atoms with E-state index in [1.807, 2.05) is 6.92 Å². The lowest BCUT2D eigenvalue weighted by atomic mass is 10.1. The molecule has 1 heterocycles. The Morgan fingerprint density at radius 1 is 1.42 bits per heavy atom. The van der Waals surface area contributed by atoms with Gasteiger partial charge in [0.05, 0.1) is 14.2 Å². The molecule has 0 saturated heterocycles. The summed E-state index contributed by atoms with van der Waals surface area (Å²) >= 11 is 0. The Bertz CT molecular complexity index is 460. The summed E-state index contributed by atoms with van der Waals surface area (Å²) in [5, 5.41) is 2.75. The molecule has 0 aliphatic carbocycles. The van der Waals surface area contributed by atoms with Crippen LogP contribution < -0.4 is 25.3 Å². The molecule has 19 heavy (non-hydrogen) atoms. The zero-order valence-electron chi connectivity index (χ0n) is 11.0. The van der Waals surface area contributed by atoms with E-state index in [0.29, 0.717) is 29.4 Å². The van der Waals surface area contributed by atoms with Gasteiger partial charge in [0.15, 0.2) is 17.6 Å². The lowest BCUT2D eigenvalue weighted by Gasteiger charge is -2.26. The molecule has 0 aromatic heterocycles. The van der Waals surface area contributed by atoms with Gasteiger partial charge >= 0.3 is 0 Å². The molecule has 1 aromatic rings. The second kappa shape index (κ2) is 5.77. The molecular weight excluding hydrogens is 252 g/mol. The van der Waals surface area contributed by atoms with Crippen LogP contribution in [-0.4, -0.2) is 26.2 Å². The second-order valence-electron chi connectivity index (χ2n) is 3.89. The molecule has 0 fully saturated rings. The van der Waals surface area contributed by atoms with Crippen LogP contribution in [0.15, 0.2) is 12.1 Å². The van der Waals surface area contributed by atoms with E-state index >= 15 is 0 Å². The van der Waals surface area contributed by atoms with E-state index in [-0.39, 0.29) is 5.91 Å². The summed E-state index contributed by atoms with van der Waals surface area (Å²) in [7, 11) is 2.95. The SMILES string of the molecule is CCC1Oc2cc(OC)cc(ONOC)c2NC1=O. The van der Waals surface area contributed by atoms with Crippen molar-refractivity contribution in [3.63, 3.8) is 0 Å². The molecule has 0 spiro atoms. The van der Waals surface area contributed by atoms with Crippen LogP contribution >= 0.6 is 0 Å². The van der Waals surface area contributed by atoms with Gasteiger partial charge in [-0.25, -0.2) is 0 Å². The number of hydrogen-bond donors (Lipinski definition) is 2. The molecule has 1 amide bonds. The van der Waals surface area contributed by atoms with E-state index in [9.17, 15) is 4.79 Å². The molecule has 0 bridgehead atoms. The summed E-state index contributed by atoms with van der Waals surface area (Å²) in [5.41, 5.74) is 2.69. The number of ether oxygens (including phenoxy) is 2. The number of carbonyl (C=O) groups excluding carboxylic acids is 1. The van der Waals surface area contributed by atoms with Gasteiger partial charge in [-0.15, -0.1) is 0 Å². The molecule has 2 N–H and O–H groups in total. The normalized spacial score (nSPS) is 17.2. The molecule has 1 aromatic carbocycles. The number of benzene rings is 1. The molecular formula is C12H16N2O5. The van der Waals surface area contributed by atoms with Gasteiger partial charge in [-0.3, -0.25) is 9.63 Å². The quantitative estimate of drug-likeness (QED) is 0.782. The number of carbonyl (C=O) groups is 1. The van der Waals surface area contributed by atoms with E-state index in [4.69, 9.17) is 14.3 Å². The summed E-state index contributed by atoms with van der Waals surface area (Å²) in [6, 6.07) is 3.30. The molecule has 104 valence electrons. The van der Waals surface area contributed by atoms with E-state index in [2.05, 4.69) is 15.8 Å². The minimum atomic E-state index is -0.511. The summed E-state index contributed by atoms with van der Waals surface area (Å²) in [6.45, 7) is 1.87. The highest BCUT2D eigenvalue weighted by Crippen LogP contribution is 2.41. The maximum atomic E-state index is 11.8. The van der Waals surface area contributed by atoms with Crippen LogP contribution in [0.25, 0.3) is 0 Å². The number of hydrogen-bond acceptors (Lipinski definition) is 6. The molecule has 0 radical (unpaired) electrons. The maximum absolute atomic E-state index is 11.8. The summed E-state index contributed by atoms with van der Waals surface area (Å²) < 4.78 is 10.8. The molecule has 1 aliphatic rings. The van der Waals surface area contributed by atoms with Crippen molar-refractivity contribution in [2.75, 3.05) is 19.5 Å². The lowest BCUT2D eigenvalue weighted by molar-refractivity contribution is -0.123. The fraction of sp³-hybridized carbons (Fsp3) is 0.417. The highest BCUT2D eigenvalue weighted by Gasteiger charge is 2.29. The van der Waals surface area contributed by atoms with E-state index in [0.717, 1.165) is 0 Å². The summed E-state index contributed by atoms with van der Waals surface area (Å²) in [4.78, 5) is 21.6. The van der Waals surface area contributed by atoms with Gasteiger partial charge in [0.1, 0.15) is 11.4 Å². The fourth-order valence-corrected chi connectivity index (χ4v) is 1.75. The van der Waals surface area contributed by atoms with Crippen molar-refractivity contribution in [3.05, 3.63) is 12.1 Å². The fourth-order valence-electron chi connectivity index (χ4n) is 1.75. The van der Waals surface area contributed by atoms with E-state index in [1.54, 1.807) is 12.1 Å². The van der Waals surface area contributed by atoms with Gasteiger partial charge in [-0.05, 0) is 12.1 Å². The van der Waals surface area contributed by atoms with Crippen molar-refractivity contribution in [3.8, 4) is 17.2 Å². The van der Waals surface area contributed by atoms with Crippen molar-refractivity contribution in [1.29, 1.82) is 0 Å². The third-order valence-electron chi connectivity index (χ3n) is 2.69. The highest BCUT2D eigenvalue weighted by atomic mass is 16.9. The number of fused-ring (bicyclic) bond motifs is 1. The molecule has 7 heteroatoms. The molecule has 1 unspecified atom stereocenters. The van der Waals surface area contributed by atoms with Crippen LogP contribution in [0.1, 0.15) is 13.3 Å². The first-order chi connectivity index (χ1) is 9.19. The maximum Gasteiger partial charge on any atom is 0.265 e. The second-order valence-corrected chi connectivity index (χ2v) is 3.89. The topological polar surface area (TPSA) is 78.1 Å². The van der Waals surface area contributed by atoms with Gasteiger partial charge < -0.3 is 19.6 Å². The molecule has 1 atom stereocenters. The van der Waals surface area contributed by atoms with Crippen LogP contribution in [0, 0.1) is 0 Å². The van der Waals surface area contributed by atoms with Gasteiger partial charge in [0.25, 0.3) is 5.91 Å². The average molecular weight is 268 g/mol. The third kappa shape index (κ3) is 2.72. The molecule has 1 aliphatic heterocycles. The highest BCUT2D eigenvalue weighted by molar-refractivity contribution is 5.99. The number of rotatable bonds is 5. The van der Waals surface area contributed by atoms with Gasteiger partial charge in [0, 0.05) is 12.1 Å². The van der Waals surface area contributed by atoms with E-state index in [1.165, 1.54) is 14.2 Å². The Morgan fingerprint density at radius 2 is 2.21 bits per heavy atom. The number of anilines is 1. The predicted molar refractivity (Wildman–Crippen MR) is 67.1 cm³/mol. The van der Waals surface area contributed by atoms with Crippen molar-refractivity contribution >= 4 is 11.6 Å². The van der Waals surface area contributed by atoms with Crippen LogP contribution in [0.2, 0.25) is 0 Å². The number of nitrogens with one attached hydrogen (secondary N) is 2. The Balaban J connectivity index is 2.37. The number of amides is 1. The van der Waals surface area contributed by atoms with Crippen LogP contribution in [-0.2, 0) is 9.63 Å². The predicted octanol–water partition coefficient (Wildman–Crippen LogP) is 1.25. The first-order valence-electron chi connectivity index (χ1n) is 5.84. The Kier molecular flexibility index (Phi) is 4.08. The first-order valence-corrected chi connectivity index (χ1v) is 5.84. The Hall–Kier alpha value is -1.99.